The van der Waals surface area contributed by atoms with Crippen LogP contribution in [0.15, 0.2) is 0 Å². The van der Waals surface area contributed by atoms with Crippen LogP contribution in [0.1, 0.15) is 45.4 Å². The molecule has 2 aliphatic rings. The SMILES string of the molecule is CCCC1(C2CCCS(=O)C2)CCCN1. The summed E-state index contributed by atoms with van der Waals surface area (Å²) in [7, 11) is -0.536. The first kappa shape index (κ1) is 11.6. The highest BCUT2D eigenvalue weighted by Gasteiger charge is 2.41. The van der Waals surface area contributed by atoms with Gasteiger partial charge in [-0.05, 0) is 44.6 Å². The fourth-order valence-electron chi connectivity index (χ4n) is 3.36. The van der Waals surface area contributed by atoms with Crippen molar-refractivity contribution in [1.29, 1.82) is 0 Å². The van der Waals surface area contributed by atoms with Crippen LogP contribution in [0.5, 0.6) is 0 Å². The quantitative estimate of drug-likeness (QED) is 0.802. The van der Waals surface area contributed by atoms with Crippen molar-refractivity contribution < 1.29 is 4.21 Å². The van der Waals surface area contributed by atoms with Crippen LogP contribution in [0.25, 0.3) is 0 Å². The van der Waals surface area contributed by atoms with Gasteiger partial charge in [0.15, 0.2) is 0 Å². The van der Waals surface area contributed by atoms with Gasteiger partial charge in [0.25, 0.3) is 0 Å². The van der Waals surface area contributed by atoms with Gasteiger partial charge in [-0.1, -0.05) is 13.3 Å². The van der Waals surface area contributed by atoms with Gasteiger partial charge < -0.3 is 5.32 Å². The molecule has 0 aromatic rings. The van der Waals surface area contributed by atoms with Crippen LogP contribution in [0.3, 0.4) is 0 Å². The van der Waals surface area contributed by atoms with Gasteiger partial charge in [0.1, 0.15) is 0 Å². The van der Waals surface area contributed by atoms with Gasteiger partial charge >= 0.3 is 0 Å². The Bertz CT molecular complexity index is 236. The Balaban J connectivity index is 2.06. The zero-order valence-corrected chi connectivity index (χ0v) is 10.6. The second-order valence-electron chi connectivity index (χ2n) is 5.09. The highest BCUT2D eigenvalue weighted by Crippen LogP contribution is 2.37. The summed E-state index contributed by atoms with van der Waals surface area (Å²) in [6.45, 7) is 3.44. The van der Waals surface area contributed by atoms with Gasteiger partial charge in [-0.25, -0.2) is 0 Å². The predicted molar refractivity (Wildman–Crippen MR) is 65.5 cm³/mol. The lowest BCUT2D eigenvalue weighted by atomic mass is 9.77. The summed E-state index contributed by atoms with van der Waals surface area (Å²) < 4.78 is 11.7. The molecule has 88 valence electrons. The minimum absolute atomic E-state index is 0.352. The first-order valence-corrected chi connectivity index (χ1v) is 7.85. The lowest BCUT2D eigenvalue weighted by molar-refractivity contribution is 0.220. The Hall–Kier alpha value is 0.110. The maximum atomic E-state index is 11.7. The molecule has 2 heterocycles. The second-order valence-corrected chi connectivity index (χ2v) is 6.71. The van der Waals surface area contributed by atoms with Gasteiger partial charge in [-0.2, -0.15) is 0 Å². The fourth-order valence-corrected chi connectivity index (χ4v) is 4.95. The van der Waals surface area contributed by atoms with E-state index in [0.29, 0.717) is 11.5 Å². The van der Waals surface area contributed by atoms with Crippen LogP contribution in [0, 0.1) is 5.92 Å². The molecule has 0 amide bonds. The third kappa shape index (κ3) is 2.44. The van der Waals surface area contributed by atoms with Crippen LogP contribution in [-0.4, -0.2) is 27.8 Å². The van der Waals surface area contributed by atoms with Crippen LogP contribution in [-0.2, 0) is 10.8 Å². The summed E-state index contributed by atoms with van der Waals surface area (Å²) in [5, 5.41) is 3.73. The van der Waals surface area contributed by atoms with Crippen molar-refractivity contribution in [2.75, 3.05) is 18.1 Å². The minimum Gasteiger partial charge on any atom is -0.311 e. The molecule has 2 saturated heterocycles. The standard InChI is InChI=1S/C12H23NOS/c1-2-6-12(7-4-8-13-12)11-5-3-9-15(14)10-11/h11,13H,2-10H2,1H3. The minimum atomic E-state index is -0.536. The Morgan fingerprint density at radius 2 is 2.33 bits per heavy atom. The van der Waals surface area contributed by atoms with Gasteiger partial charge in [0.2, 0.25) is 0 Å². The highest BCUT2D eigenvalue weighted by molar-refractivity contribution is 7.85. The molecule has 2 nitrogen and oxygen atoms in total. The average molecular weight is 229 g/mol. The summed E-state index contributed by atoms with van der Waals surface area (Å²) in [5.41, 5.74) is 0.352. The molecule has 15 heavy (non-hydrogen) atoms. The molecule has 1 N–H and O–H groups in total. The first-order valence-electron chi connectivity index (χ1n) is 6.37. The Morgan fingerprint density at radius 1 is 1.47 bits per heavy atom. The van der Waals surface area contributed by atoms with Crippen molar-refractivity contribution in [2.45, 2.75) is 51.0 Å². The van der Waals surface area contributed by atoms with Crippen LogP contribution < -0.4 is 5.32 Å². The molecular weight excluding hydrogens is 206 g/mol. The van der Waals surface area contributed by atoms with E-state index in [2.05, 4.69) is 12.2 Å². The van der Waals surface area contributed by atoms with Gasteiger partial charge in [0.05, 0.1) is 0 Å². The zero-order chi connectivity index (χ0) is 10.7. The van der Waals surface area contributed by atoms with E-state index in [4.69, 9.17) is 0 Å². The van der Waals surface area contributed by atoms with Crippen molar-refractivity contribution in [3.05, 3.63) is 0 Å². The van der Waals surface area contributed by atoms with Crippen molar-refractivity contribution in [3.8, 4) is 0 Å². The molecule has 0 saturated carbocycles. The van der Waals surface area contributed by atoms with E-state index in [1.165, 1.54) is 45.1 Å². The van der Waals surface area contributed by atoms with Crippen LogP contribution in [0.2, 0.25) is 0 Å². The highest BCUT2D eigenvalue weighted by atomic mass is 32.2. The van der Waals surface area contributed by atoms with Gasteiger partial charge in [0, 0.05) is 27.8 Å². The molecule has 2 aliphatic heterocycles. The molecule has 0 spiro atoms. The largest absolute Gasteiger partial charge is 0.311 e. The normalized spacial score (nSPS) is 41.9. The predicted octanol–water partition coefficient (Wildman–Crippen LogP) is 2.07. The summed E-state index contributed by atoms with van der Waals surface area (Å²) in [6.07, 6.45) is 7.60. The molecule has 3 heteroatoms. The topological polar surface area (TPSA) is 29.1 Å². The monoisotopic (exact) mass is 229 g/mol. The Morgan fingerprint density at radius 3 is 2.93 bits per heavy atom. The Labute approximate surface area is 95.7 Å². The number of hydrogen-bond donors (Lipinski definition) is 1. The summed E-state index contributed by atoms with van der Waals surface area (Å²) >= 11 is 0. The molecule has 0 aromatic carbocycles. The van der Waals surface area contributed by atoms with Crippen LogP contribution >= 0.6 is 0 Å². The zero-order valence-electron chi connectivity index (χ0n) is 9.76. The molecular formula is C12H23NOS. The fraction of sp³-hybridized carbons (Fsp3) is 1.00. The summed E-state index contributed by atoms with van der Waals surface area (Å²) in [4.78, 5) is 0. The van der Waals surface area contributed by atoms with Crippen LogP contribution in [0.4, 0.5) is 0 Å². The molecule has 3 atom stereocenters. The number of nitrogens with one attached hydrogen (secondary N) is 1. The molecule has 2 rings (SSSR count). The lowest BCUT2D eigenvalue weighted by Crippen LogP contribution is -2.50. The van der Waals surface area contributed by atoms with E-state index in [0.717, 1.165) is 11.5 Å². The van der Waals surface area contributed by atoms with E-state index < -0.39 is 10.8 Å². The Kier molecular flexibility index (Phi) is 3.83. The van der Waals surface area contributed by atoms with E-state index in [9.17, 15) is 4.21 Å². The molecule has 3 unspecified atom stereocenters. The van der Waals surface area contributed by atoms with E-state index >= 15 is 0 Å². The number of hydrogen-bond acceptors (Lipinski definition) is 2. The third-order valence-electron chi connectivity index (χ3n) is 4.07. The summed E-state index contributed by atoms with van der Waals surface area (Å²) in [6, 6.07) is 0. The summed E-state index contributed by atoms with van der Waals surface area (Å²) in [5.74, 6) is 2.57. The first-order chi connectivity index (χ1) is 7.27. The van der Waals surface area contributed by atoms with Crippen molar-refractivity contribution in [1.82, 2.24) is 5.32 Å². The molecule has 0 aromatic heterocycles. The third-order valence-corrected chi connectivity index (χ3v) is 5.58. The van der Waals surface area contributed by atoms with E-state index in [1.807, 2.05) is 0 Å². The molecule has 2 fully saturated rings. The number of rotatable bonds is 3. The smallest absolute Gasteiger partial charge is 0.0280 e. The molecule has 0 radical (unpaired) electrons. The van der Waals surface area contributed by atoms with E-state index in [1.54, 1.807) is 0 Å². The average Bonchev–Trinajstić information content (AvgIpc) is 2.68. The lowest BCUT2D eigenvalue weighted by Gasteiger charge is -2.40. The maximum absolute atomic E-state index is 11.7. The maximum Gasteiger partial charge on any atom is 0.0280 e. The molecule has 0 aliphatic carbocycles. The van der Waals surface area contributed by atoms with Gasteiger partial charge in [-0.15, -0.1) is 0 Å². The molecule has 0 bridgehead atoms. The second kappa shape index (κ2) is 4.96. The van der Waals surface area contributed by atoms with Gasteiger partial charge in [-0.3, -0.25) is 4.21 Å². The van der Waals surface area contributed by atoms with E-state index in [-0.39, 0.29) is 0 Å². The van der Waals surface area contributed by atoms with Crippen molar-refractivity contribution in [2.24, 2.45) is 5.92 Å². The van der Waals surface area contributed by atoms with Crippen molar-refractivity contribution in [3.63, 3.8) is 0 Å². The van der Waals surface area contributed by atoms with Crippen molar-refractivity contribution >= 4 is 10.8 Å².